The number of hydrogen-bond acceptors (Lipinski definition) is 4. The van der Waals surface area contributed by atoms with Gasteiger partial charge in [-0.05, 0) is 31.2 Å². The zero-order valence-electron chi connectivity index (χ0n) is 10.3. The van der Waals surface area contributed by atoms with Crippen LogP contribution in [0.4, 0.5) is 0 Å². The summed E-state index contributed by atoms with van der Waals surface area (Å²) in [5.41, 5.74) is 0.557. The van der Waals surface area contributed by atoms with Crippen molar-refractivity contribution in [3.8, 4) is 5.75 Å². The van der Waals surface area contributed by atoms with Crippen LogP contribution in [-0.2, 0) is 14.3 Å². The van der Waals surface area contributed by atoms with E-state index in [9.17, 15) is 9.59 Å². The van der Waals surface area contributed by atoms with Gasteiger partial charge in [0.1, 0.15) is 5.75 Å². The molecule has 0 amide bonds. The van der Waals surface area contributed by atoms with Gasteiger partial charge in [0, 0.05) is 16.1 Å². The highest BCUT2D eigenvalue weighted by Gasteiger charge is 2.07. The maximum absolute atomic E-state index is 11.2. The first-order valence-electron chi connectivity index (χ1n) is 5.52. The number of hydrogen-bond donors (Lipinski definition) is 1. The third kappa shape index (κ3) is 5.56. The number of carbonyl (C=O) groups excluding carboxylic acids is 1. The van der Waals surface area contributed by atoms with Crippen molar-refractivity contribution < 1.29 is 24.2 Å². The molecule has 0 aromatic heterocycles. The Morgan fingerprint density at radius 3 is 2.79 bits per heavy atom. The lowest BCUT2D eigenvalue weighted by molar-refractivity contribution is -0.145. The molecule has 0 saturated heterocycles. The van der Waals surface area contributed by atoms with Crippen LogP contribution < -0.4 is 4.74 Å². The summed E-state index contributed by atoms with van der Waals surface area (Å²) < 4.78 is 10.8. The van der Waals surface area contributed by atoms with Crippen LogP contribution in [-0.4, -0.2) is 30.3 Å². The van der Waals surface area contributed by atoms with Gasteiger partial charge < -0.3 is 14.6 Å². The van der Waals surface area contributed by atoms with Crippen molar-refractivity contribution in [1.29, 1.82) is 0 Å². The maximum atomic E-state index is 11.2. The Labute approximate surface area is 119 Å². The van der Waals surface area contributed by atoms with Gasteiger partial charge in [-0.25, -0.2) is 9.59 Å². The Morgan fingerprint density at radius 1 is 1.42 bits per heavy atom. The van der Waals surface area contributed by atoms with E-state index in [0.29, 0.717) is 11.3 Å². The number of carboxylic acids is 1. The highest BCUT2D eigenvalue weighted by molar-refractivity contribution is 9.10. The van der Waals surface area contributed by atoms with Crippen LogP contribution in [0, 0.1) is 0 Å². The third-order valence-corrected chi connectivity index (χ3v) is 2.52. The molecule has 1 aromatic carbocycles. The summed E-state index contributed by atoms with van der Waals surface area (Å²) in [4.78, 5) is 21.7. The summed E-state index contributed by atoms with van der Waals surface area (Å²) in [6.07, 6.45) is 2.40. The van der Waals surface area contributed by atoms with Crippen LogP contribution in [0.15, 0.2) is 28.7 Å². The highest BCUT2D eigenvalue weighted by Crippen LogP contribution is 2.24. The number of carbonyl (C=O) groups is 2. The molecule has 1 aromatic rings. The van der Waals surface area contributed by atoms with E-state index in [-0.39, 0.29) is 13.2 Å². The second-order valence-corrected chi connectivity index (χ2v) is 4.36. The standard InChI is InChI=1S/C13H13BrO5/c1-2-18-13(17)8-19-11-5-4-10(14)7-9(11)3-6-12(15)16/h3-7H,2,8H2,1H3,(H,15,16)/b6-3+. The molecule has 0 aliphatic rings. The molecule has 0 aliphatic carbocycles. The molecule has 1 rings (SSSR count). The van der Waals surface area contributed by atoms with Crippen molar-refractivity contribution in [2.75, 3.05) is 13.2 Å². The third-order valence-electron chi connectivity index (χ3n) is 2.03. The first kappa shape index (κ1) is 15.2. The molecule has 1 N–H and O–H groups in total. The number of benzene rings is 1. The number of ether oxygens (including phenoxy) is 2. The van der Waals surface area contributed by atoms with Gasteiger partial charge in [-0.1, -0.05) is 15.9 Å². The molecular formula is C13H13BrO5. The van der Waals surface area contributed by atoms with Crippen LogP contribution >= 0.6 is 15.9 Å². The van der Waals surface area contributed by atoms with E-state index >= 15 is 0 Å². The first-order valence-corrected chi connectivity index (χ1v) is 6.31. The summed E-state index contributed by atoms with van der Waals surface area (Å²) in [7, 11) is 0. The zero-order chi connectivity index (χ0) is 14.3. The fraction of sp³-hybridized carbons (Fsp3) is 0.231. The van der Waals surface area contributed by atoms with Crippen molar-refractivity contribution in [3.63, 3.8) is 0 Å². The van der Waals surface area contributed by atoms with Crippen molar-refractivity contribution >= 4 is 33.9 Å². The second-order valence-electron chi connectivity index (χ2n) is 3.45. The molecule has 0 atom stereocenters. The van der Waals surface area contributed by atoms with Gasteiger partial charge in [0.2, 0.25) is 0 Å². The van der Waals surface area contributed by atoms with Gasteiger partial charge >= 0.3 is 11.9 Å². The van der Waals surface area contributed by atoms with E-state index in [1.165, 1.54) is 6.08 Å². The molecule has 0 fully saturated rings. The first-order chi connectivity index (χ1) is 9.02. The molecule has 0 bridgehead atoms. The van der Waals surface area contributed by atoms with E-state index in [4.69, 9.17) is 14.6 Å². The zero-order valence-corrected chi connectivity index (χ0v) is 11.8. The molecule has 5 nitrogen and oxygen atoms in total. The minimum atomic E-state index is -1.06. The second kappa shape index (κ2) is 7.58. The van der Waals surface area contributed by atoms with E-state index in [2.05, 4.69) is 15.9 Å². The predicted molar refractivity (Wildman–Crippen MR) is 72.9 cm³/mol. The van der Waals surface area contributed by atoms with Gasteiger partial charge in [0.15, 0.2) is 6.61 Å². The van der Waals surface area contributed by atoms with Crippen molar-refractivity contribution in [2.24, 2.45) is 0 Å². The molecule has 0 radical (unpaired) electrons. The van der Waals surface area contributed by atoms with Crippen LogP contribution in [0.3, 0.4) is 0 Å². The maximum Gasteiger partial charge on any atom is 0.344 e. The van der Waals surface area contributed by atoms with Crippen LogP contribution in [0.1, 0.15) is 12.5 Å². The van der Waals surface area contributed by atoms with Crippen LogP contribution in [0.25, 0.3) is 6.08 Å². The van der Waals surface area contributed by atoms with Gasteiger partial charge in [0.05, 0.1) is 6.61 Å². The van der Waals surface area contributed by atoms with Crippen molar-refractivity contribution in [3.05, 3.63) is 34.3 Å². The Bertz CT molecular complexity index is 496. The fourth-order valence-electron chi connectivity index (χ4n) is 1.28. The lowest BCUT2D eigenvalue weighted by Crippen LogP contribution is -2.14. The average molecular weight is 329 g/mol. The van der Waals surface area contributed by atoms with Crippen molar-refractivity contribution in [1.82, 2.24) is 0 Å². The molecule has 0 heterocycles. The van der Waals surface area contributed by atoms with E-state index in [0.717, 1.165) is 10.5 Å². The van der Waals surface area contributed by atoms with Crippen molar-refractivity contribution in [2.45, 2.75) is 6.92 Å². The Morgan fingerprint density at radius 2 is 2.16 bits per heavy atom. The molecule has 19 heavy (non-hydrogen) atoms. The summed E-state index contributed by atoms with van der Waals surface area (Å²) >= 11 is 3.28. The summed E-state index contributed by atoms with van der Waals surface area (Å²) in [5, 5.41) is 8.61. The van der Waals surface area contributed by atoms with Gasteiger partial charge in [0.25, 0.3) is 0 Å². The largest absolute Gasteiger partial charge is 0.481 e. The average Bonchev–Trinajstić information content (AvgIpc) is 2.35. The quantitative estimate of drug-likeness (QED) is 0.641. The molecule has 6 heteroatoms. The number of aliphatic carboxylic acids is 1. The van der Waals surface area contributed by atoms with Gasteiger partial charge in [-0.3, -0.25) is 0 Å². The minimum Gasteiger partial charge on any atom is -0.481 e. The normalized spacial score (nSPS) is 10.4. The summed E-state index contributed by atoms with van der Waals surface area (Å²) in [6.45, 7) is 1.77. The lowest BCUT2D eigenvalue weighted by Gasteiger charge is -2.09. The van der Waals surface area contributed by atoms with E-state index < -0.39 is 11.9 Å². The molecule has 0 spiro atoms. The number of esters is 1. The molecular weight excluding hydrogens is 316 g/mol. The van der Waals surface area contributed by atoms with Crippen LogP contribution in [0.2, 0.25) is 0 Å². The SMILES string of the molecule is CCOC(=O)COc1ccc(Br)cc1/C=C/C(=O)O. The molecule has 102 valence electrons. The molecule has 0 aliphatic heterocycles. The van der Waals surface area contributed by atoms with Gasteiger partial charge in [-0.15, -0.1) is 0 Å². The fourth-order valence-corrected chi connectivity index (χ4v) is 1.66. The monoisotopic (exact) mass is 328 g/mol. The number of carboxylic acid groups (broad SMARTS) is 1. The van der Waals surface area contributed by atoms with Gasteiger partial charge in [-0.2, -0.15) is 0 Å². The van der Waals surface area contributed by atoms with Crippen LogP contribution in [0.5, 0.6) is 5.75 Å². The topological polar surface area (TPSA) is 72.8 Å². The smallest absolute Gasteiger partial charge is 0.344 e. The minimum absolute atomic E-state index is 0.219. The summed E-state index contributed by atoms with van der Waals surface area (Å²) in [5.74, 6) is -1.12. The predicted octanol–water partition coefficient (Wildman–Crippen LogP) is 2.49. The molecule has 0 unspecified atom stereocenters. The Kier molecular flexibility index (Phi) is 6.08. The number of rotatable bonds is 6. The van der Waals surface area contributed by atoms with E-state index in [1.54, 1.807) is 25.1 Å². The lowest BCUT2D eigenvalue weighted by atomic mass is 10.2. The number of halogens is 1. The summed E-state index contributed by atoms with van der Waals surface area (Å²) in [6, 6.07) is 5.07. The molecule has 0 saturated carbocycles. The van der Waals surface area contributed by atoms with E-state index in [1.807, 2.05) is 0 Å². The highest BCUT2D eigenvalue weighted by atomic mass is 79.9. The Hall–Kier alpha value is -1.82. The Balaban J connectivity index is 2.81.